The van der Waals surface area contributed by atoms with Crippen molar-refractivity contribution in [2.24, 2.45) is 5.92 Å². The van der Waals surface area contributed by atoms with Gasteiger partial charge in [0.1, 0.15) is 0 Å². The molecule has 0 saturated carbocycles. The van der Waals surface area contributed by atoms with Crippen LogP contribution < -0.4 is 0 Å². The molecule has 0 aromatic carbocycles. The molecule has 0 saturated heterocycles. The first-order valence-electron chi connectivity index (χ1n) is 3.74. The average molecular weight is 198 g/mol. The Labute approximate surface area is 71.9 Å². The van der Waals surface area contributed by atoms with E-state index in [2.05, 4.69) is 9.05 Å². The van der Waals surface area contributed by atoms with Crippen LogP contribution in [0.5, 0.6) is 0 Å². The van der Waals surface area contributed by atoms with E-state index >= 15 is 0 Å². The van der Waals surface area contributed by atoms with Crippen molar-refractivity contribution in [2.75, 3.05) is 19.8 Å². The van der Waals surface area contributed by atoms with Crippen LogP contribution in [0, 0.1) is 5.92 Å². The van der Waals surface area contributed by atoms with E-state index in [1.165, 1.54) is 0 Å². The highest BCUT2D eigenvalue weighted by Gasteiger charge is 2.20. The van der Waals surface area contributed by atoms with Crippen molar-refractivity contribution < 1.29 is 23.6 Å². The molecule has 12 heavy (non-hydrogen) atoms. The van der Waals surface area contributed by atoms with Crippen LogP contribution in [0.3, 0.4) is 0 Å². The van der Waals surface area contributed by atoms with Crippen molar-refractivity contribution >= 4 is 7.82 Å². The molecule has 0 fully saturated rings. The molecule has 0 aliphatic carbocycles. The van der Waals surface area contributed by atoms with Gasteiger partial charge in [-0.15, -0.1) is 0 Å². The van der Waals surface area contributed by atoms with Crippen molar-refractivity contribution in [3.63, 3.8) is 0 Å². The smallest absolute Gasteiger partial charge is 0.396 e. The Morgan fingerprint density at radius 3 is 2.50 bits per heavy atom. The Morgan fingerprint density at radius 1 is 1.50 bits per heavy atom. The van der Waals surface area contributed by atoms with Gasteiger partial charge in [-0.25, -0.2) is 4.57 Å². The maximum absolute atomic E-state index is 10.9. The minimum Gasteiger partial charge on any atom is -0.396 e. The largest absolute Gasteiger partial charge is 0.472 e. The number of hydrogen-bond donors (Lipinski definition) is 2. The number of phosphoric ester groups is 1. The molecule has 2 unspecified atom stereocenters. The second kappa shape index (κ2) is 5.67. The average Bonchev–Trinajstić information content (AvgIpc) is 2.00. The van der Waals surface area contributed by atoms with Gasteiger partial charge in [0.05, 0.1) is 13.2 Å². The first-order valence-corrected chi connectivity index (χ1v) is 5.24. The molecule has 0 rings (SSSR count). The zero-order chi connectivity index (χ0) is 9.61. The summed E-state index contributed by atoms with van der Waals surface area (Å²) >= 11 is 0. The van der Waals surface area contributed by atoms with Crippen molar-refractivity contribution in [2.45, 2.75) is 13.8 Å². The van der Waals surface area contributed by atoms with Crippen LogP contribution in [0.25, 0.3) is 0 Å². The van der Waals surface area contributed by atoms with Crippen molar-refractivity contribution in [3.05, 3.63) is 0 Å². The molecule has 0 radical (unpaired) electrons. The maximum Gasteiger partial charge on any atom is 0.472 e. The monoisotopic (exact) mass is 198 g/mol. The summed E-state index contributed by atoms with van der Waals surface area (Å²) in [5.41, 5.74) is 0. The van der Waals surface area contributed by atoms with E-state index in [0.29, 0.717) is 0 Å². The second-order valence-corrected chi connectivity index (χ2v) is 3.92. The summed E-state index contributed by atoms with van der Waals surface area (Å²) in [5, 5.41) is 8.57. The van der Waals surface area contributed by atoms with Gasteiger partial charge in [-0.1, -0.05) is 6.92 Å². The Bertz CT molecular complexity index is 160. The van der Waals surface area contributed by atoms with Gasteiger partial charge in [0, 0.05) is 12.5 Å². The number of phosphoric acid groups is 1. The highest BCUT2D eigenvalue weighted by Crippen LogP contribution is 2.43. The molecule has 2 atom stereocenters. The van der Waals surface area contributed by atoms with E-state index in [1.54, 1.807) is 13.8 Å². The van der Waals surface area contributed by atoms with Crippen LogP contribution in [0.4, 0.5) is 0 Å². The second-order valence-electron chi connectivity index (χ2n) is 2.47. The lowest BCUT2D eigenvalue weighted by Gasteiger charge is -2.13. The van der Waals surface area contributed by atoms with E-state index in [1.807, 2.05) is 0 Å². The van der Waals surface area contributed by atoms with Gasteiger partial charge in [0.15, 0.2) is 0 Å². The third kappa shape index (κ3) is 5.69. The molecular formula is C6H15O5P. The highest BCUT2D eigenvalue weighted by molar-refractivity contribution is 7.47. The number of aliphatic hydroxyl groups excluding tert-OH is 1. The minimum absolute atomic E-state index is 0.0181. The van der Waals surface area contributed by atoms with E-state index in [4.69, 9.17) is 10.00 Å². The fourth-order valence-corrected chi connectivity index (χ4v) is 1.32. The van der Waals surface area contributed by atoms with Gasteiger partial charge < -0.3 is 10.00 Å². The van der Waals surface area contributed by atoms with E-state index in [-0.39, 0.29) is 25.7 Å². The van der Waals surface area contributed by atoms with Crippen LogP contribution in [-0.4, -0.2) is 29.8 Å². The fraction of sp³-hybridized carbons (Fsp3) is 1.00. The van der Waals surface area contributed by atoms with Gasteiger partial charge in [0.2, 0.25) is 0 Å². The molecule has 2 N–H and O–H groups in total. The van der Waals surface area contributed by atoms with Gasteiger partial charge in [-0.05, 0) is 6.92 Å². The van der Waals surface area contributed by atoms with Crippen molar-refractivity contribution in [1.82, 2.24) is 0 Å². The molecule has 5 nitrogen and oxygen atoms in total. The molecule has 0 bridgehead atoms. The molecule has 0 aliphatic rings. The van der Waals surface area contributed by atoms with Crippen LogP contribution in [-0.2, 0) is 13.6 Å². The van der Waals surface area contributed by atoms with Crippen molar-refractivity contribution in [1.29, 1.82) is 0 Å². The molecule has 0 spiro atoms. The molecule has 74 valence electrons. The van der Waals surface area contributed by atoms with Crippen LogP contribution in [0.2, 0.25) is 0 Å². The van der Waals surface area contributed by atoms with Crippen LogP contribution >= 0.6 is 7.82 Å². The summed E-state index contributed by atoms with van der Waals surface area (Å²) in [6.45, 7) is 3.37. The first-order chi connectivity index (χ1) is 5.52. The van der Waals surface area contributed by atoms with Crippen molar-refractivity contribution in [3.8, 4) is 0 Å². The molecule has 0 heterocycles. The van der Waals surface area contributed by atoms with Gasteiger partial charge >= 0.3 is 7.82 Å². The molecule has 6 heteroatoms. The van der Waals surface area contributed by atoms with Gasteiger partial charge in [0.25, 0.3) is 0 Å². The van der Waals surface area contributed by atoms with Crippen LogP contribution in [0.1, 0.15) is 13.8 Å². The van der Waals surface area contributed by atoms with E-state index in [0.717, 1.165) is 0 Å². The zero-order valence-corrected chi connectivity index (χ0v) is 8.16. The number of rotatable bonds is 6. The standard InChI is InChI=1S/C6H15O5P/c1-3-10-12(8,9)11-5-6(2)4-7/h6-7H,3-5H2,1-2H3,(H,8,9). The van der Waals surface area contributed by atoms with Gasteiger partial charge in [-0.3, -0.25) is 9.05 Å². The summed E-state index contributed by atoms with van der Waals surface area (Å²) < 4.78 is 19.8. The molecule has 0 aliphatic heterocycles. The lowest BCUT2D eigenvalue weighted by molar-refractivity contribution is 0.117. The fourth-order valence-electron chi connectivity index (χ4n) is 0.475. The summed E-state index contributed by atoms with van der Waals surface area (Å²) in [6, 6.07) is 0. The normalized spacial score (nSPS) is 18.7. The SMILES string of the molecule is CCOP(=O)(O)OCC(C)CO. The third-order valence-electron chi connectivity index (χ3n) is 1.13. The van der Waals surface area contributed by atoms with Crippen LogP contribution in [0.15, 0.2) is 0 Å². The predicted octanol–water partition coefficient (Wildman–Crippen LogP) is 0.768. The Morgan fingerprint density at radius 2 is 2.08 bits per heavy atom. The molecule has 0 aromatic heterocycles. The van der Waals surface area contributed by atoms with Gasteiger partial charge in [-0.2, -0.15) is 0 Å². The predicted molar refractivity (Wildman–Crippen MR) is 43.7 cm³/mol. The zero-order valence-electron chi connectivity index (χ0n) is 7.27. The minimum atomic E-state index is -3.87. The summed E-state index contributed by atoms with van der Waals surface area (Å²) in [6.07, 6.45) is 0. The maximum atomic E-state index is 10.9. The Balaban J connectivity index is 3.67. The lowest BCUT2D eigenvalue weighted by Crippen LogP contribution is -2.09. The lowest BCUT2D eigenvalue weighted by atomic mass is 10.2. The quantitative estimate of drug-likeness (QED) is 0.616. The third-order valence-corrected chi connectivity index (χ3v) is 2.19. The first kappa shape index (κ1) is 12.1. The molecule has 0 aromatic rings. The summed E-state index contributed by atoms with van der Waals surface area (Å²) in [5.74, 6) is -0.161. The number of aliphatic hydroxyl groups is 1. The Hall–Kier alpha value is 0.0700. The summed E-state index contributed by atoms with van der Waals surface area (Å²) in [4.78, 5) is 8.89. The van der Waals surface area contributed by atoms with E-state index < -0.39 is 7.82 Å². The topological polar surface area (TPSA) is 76.0 Å². The number of hydrogen-bond acceptors (Lipinski definition) is 4. The molecule has 0 amide bonds. The Kier molecular flexibility index (Phi) is 5.70. The highest BCUT2D eigenvalue weighted by atomic mass is 31.2. The van der Waals surface area contributed by atoms with E-state index in [9.17, 15) is 4.57 Å². The summed E-state index contributed by atoms with van der Waals surface area (Å²) in [7, 11) is -3.87. The molecular weight excluding hydrogens is 183 g/mol.